The molecule has 0 heterocycles. The second-order valence-corrected chi connectivity index (χ2v) is 3.75. The van der Waals surface area contributed by atoms with E-state index in [0.29, 0.717) is 5.78 Å². The van der Waals surface area contributed by atoms with Crippen molar-refractivity contribution in [3.8, 4) is 0 Å². The van der Waals surface area contributed by atoms with E-state index in [-0.39, 0.29) is 0 Å². The zero-order chi connectivity index (χ0) is 13.5. The lowest BCUT2D eigenvalue weighted by Gasteiger charge is -2.05. The Labute approximate surface area is 107 Å². The van der Waals surface area contributed by atoms with Gasteiger partial charge >= 0.3 is 0 Å². The maximum Gasteiger partial charge on any atom is 0.132 e. The van der Waals surface area contributed by atoms with Crippen LogP contribution in [0.5, 0.6) is 0 Å². The smallest absolute Gasteiger partial charge is 0.132 e. The van der Waals surface area contributed by atoms with E-state index in [9.17, 15) is 4.79 Å². The summed E-state index contributed by atoms with van der Waals surface area (Å²) in [6.07, 6.45) is 13.1. The first-order valence-electron chi connectivity index (χ1n) is 6.64. The molecule has 0 N–H and O–H groups in total. The van der Waals surface area contributed by atoms with E-state index in [4.69, 9.17) is 0 Å². The third kappa shape index (κ3) is 14.9. The molecule has 1 rings (SSSR count). The summed E-state index contributed by atoms with van der Waals surface area (Å²) in [5.41, 5.74) is 1.24. The van der Waals surface area contributed by atoms with E-state index in [1.807, 2.05) is 45.9 Å². The van der Waals surface area contributed by atoms with Gasteiger partial charge in [0.15, 0.2) is 0 Å². The van der Waals surface area contributed by atoms with Crippen LogP contribution in [0.1, 0.15) is 59.8 Å². The number of carbonyl (C=O) groups is 1. The largest absolute Gasteiger partial charge is 0.300 e. The topological polar surface area (TPSA) is 17.1 Å². The molecule has 0 radical (unpaired) electrons. The highest BCUT2D eigenvalue weighted by molar-refractivity contribution is 5.78. The van der Waals surface area contributed by atoms with Gasteiger partial charge in [-0.15, -0.1) is 0 Å². The van der Waals surface area contributed by atoms with Gasteiger partial charge in [-0.25, -0.2) is 0 Å². The average molecular weight is 236 g/mol. The van der Waals surface area contributed by atoms with Crippen LogP contribution in [0.15, 0.2) is 36.5 Å². The molecule has 1 aliphatic carbocycles. The zero-order valence-electron chi connectivity index (χ0n) is 12.0. The van der Waals surface area contributed by atoms with Gasteiger partial charge in [0.25, 0.3) is 0 Å². The lowest BCUT2D eigenvalue weighted by atomic mass is 10.00. The maximum absolute atomic E-state index is 10.5. The van der Waals surface area contributed by atoms with Crippen molar-refractivity contribution in [3.05, 3.63) is 36.5 Å². The van der Waals surface area contributed by atoms with Crippen molar-refractivity contribution in [1.29, 1.82) is 0 Å². The molecular formula is C16H28O. The molecule has 0 atom stereocenters. The molecule has 0 bridgehead atoms. The van der Waals surface area contributed by atoms with E-state index in [0.717, 1.165) is 25.7 Å². The van der Waals surface area contributed by atoms with Gasteiger partial charge in [-0.05, 0) is 26.7 Å². The molecule has 1 saturated carbocycles. The minimum Gasteiger partial charge on any atom is -0.300 e. The fraction of sp³-hybridized carbons (Fsp3) is 0.562. The minimum absolute atomic E-state index is 0.464. The Hall–Kier alpha value is -1.11. The van der Waals surface area contributed by atoms with E-state index < -0.39 is 0 Å². The first-order valence-corrected chi connectivity index (χ1v) is 6.64. The van der Waals surface area contributed by atoms with Crippen LogP contribution in [0.25, 0.3) is 0 Å². The Morgan fingerprint density at radius 3 is 2.00 bits per heavy atom. The van der Waals surface area contributed by atoms with E-state index >= 15 is 0 Å². The highest BCUT2D eigenvalue weighted by Gasteiger charge is 2.05. The molecule has 17 heavy (non-hydrogen) atoms. The summed E-state index contributed by atoms with van der Waals surface area (Å²) in [5.74, 6) is 0.464. The van der Waals surface area contributed by atoms with Gasteiger partial charge in [-0.3, -0.25) is 4.79 Å². The van der Waals surface area contributed by atoms with Crippen molar-refractivity contribution in [1.82, 2.24) is 0 Å². The van der Waals surface area contributed by atoms with Crippen molar-refractivity contribution < 1.29 is 4.79 Å². The SMILES string of the molecule is C=C/C=C(C)\C=C/C.CC.O=C1CCCCC1. The zero-order valence-corrected chi connectivity index (χ0v) is 12.0. The molecule has 0 spiro atoms. The monoisotopic (exact) mass is 236 g/mol. The van der Waals surface area contributed by atoms with Crippen molar-refractivity contribution in [2.45, 2.75) is 59.8 Å². The van der Waals surface area contributed by atoms with Crippen LogP contribution < -0.4 is 0 Å². The molecule has 0 amide bonds. The molecule has 1 heteroatoms. The van der Waals surface area contributed by atoms with Crippen molar-refractivity contribution in [2.24, 2.45) is 0 Å². The van der Waals surface area contributed by atoms with Crippen LogP contribution in [0.4, 0.5) is 0 Å². The van der Waals surface area contributed by atoms with E-state index in [1.54, 1.807) is 6.08 Å². The fourth-order valence-corrected chi connectivity index (χ4v) is 1.45. The first-order chi connectivity index (χ1) is 8.20. The van der Waals surface area contributed by atoms with Crippen molar-refractivity contribution in [2.75, 3.05) is 0 Å². The molecule has 0 unspecified atom stereocenters. The van der Waals surface area contributed by atoms with Gasteiger partial charge in [0, 0.05) is 12.8 Å². The summed E-state index contributed by atoms with van der Waals surface area (Å²) in [7, 11) is 0. The summed E-state index contributed by atoms with van der Waals surface area (Å²) in [4.78, 5) is 10.5. The third-order valence-electron chi connectivity index (χ3n) is 2.22. The number of allylic oxidation sites excluding steroid dienone is 5. The molecule has 0 aromatic carbocycles. The highest BCUT2D eigenvalue weighted by atomic mass is 16.1. The highest BCUT2D eigenvalue weighted by Crippen LogP contribution is 2.12. The summed E-state index contributed by atoms with van der Waals surface area (Å²) >= 11 is 0. The Bertz CT molecular complexity index is 238. The molecule has 0 aromatic rings. The predicted octanol–water partition coefficient (Wildman–Crippen LogP) is 5.24. The summed E-state index contributed by atoms with van der Waals surface area (Å²) in [6.45, 7) is 11.6. The van der Waals surface area contributed by atoms with Gasteiger partial charge in [0.05, 0.1) is 0 Å². The van der Waals surface area contributed by atoms with Crippen LogP contribution in [0.3, 0.4) is 0 Å². The second kappa shape index (κ2) is 14.9. The molecule has 1 fully saturated rings. The molecule has 1 aliphatic rings. The Morgan fingerprint density at radius 1 is 1.18 bits per heavy atom. The average Bonchev–Trinajstić information content (AvgIpc) is 2.34. The maximum atomic E-state index is 10.5. The fourth-order valence-electron chi connectivity index (χ4n) is 1.45. The number of carbonyl (C=O) groups excluding carboxylic acids is 1. The molecule has 1 nitrogen and oxygen atoms in total. The number of hydrogen-bond acceptors (Lipinski definition) is 1. The summed E-state index contributed by atoms with van der Waals surface area (Å²) in [5, 5.41) is 0. The minimum atomic E-state index is 0.464. The first kappa shape index (κ1) is 18.3. The summed E-state index contributed by atoms with van der Waals surface area (Å²) in [6, 6.07) is 0. The van der Waals surface area contributed by atoms with Gasteiger partial charge < -0.3 is 0 Å². The van der Waals surface area contributed by atoms with Crippen LogP contribution in [0, 0.1) is 0 Å². The van der Waals surface area contributed by atoms with Crippen molar-refractivity contribution >= 4 is 5.78 Å². The Morgan fingerprint density at radius 2 is 1.71 bits per heavy atom. The van der Waals surface area contributed by atoms with Crippen molar-refractivity contribution in [3.63, 3.8) is 0 Å². The van der Waals surface area contributed by atoms with Crippen LogP contribution in [-0.2, 0) is 4.79 Å². The number of rotatable bonds is 2. The van der Waals surface area contributed by atoms with E-state index in [1.165, 1.54) is 12.0 Å². The molecule has 0 aromatic heterocycles. The molecular weight excluding hydrogens is 208 g/mol. The standard InChI is InChI=1S/C8H12.C6H10O.C2H6/c1-4-6-8(3)7-5-2;7-6-4-2-1-3-5-6;1-2/h4-7H,1H2,2-3H3;1-5H2;1-2H3/b7-5-,8-6-;;. The van der Waals surface area contributed by atoms with Crippen LogP contribution >= 0.6 is 0 Å². The third-order valence-corrected chi connectivity index (χ3v) is 2.22. The molecule has 98 valence electrons. The van der Waals surface area contributed by atoms with Gasteiger partial charge in [-0.2, -0.15) is 0 Å². The summed E-state index contributed by atoms with van der Waals surface area (Å²) < 4.78 is 0. The number of hydrogen-bond donors (Lipinski definition) is 0. The van der Waals surface area contributed by atoms with Gasteiger partial charge in [-0.1, -0.05) is 56.7 Å². The predicted molar refractivity (Wildman–Crippen MR) is 78.2 cm³/mol. The van der Waals surface area contributed by atoms with Gasteiger partial charge in [0.2, 0.25) is 0 Å². The Balaban J connectivity index is 0. The molecule has 0 saturated heterocycles. The molecule has 0 aliphatic heterocycles. The van der Waals surface area contributed by atoms with Crippen LogP contribution in [0.2, 0.25) is 0 Å². The van der Waals surface area contributed by atoms with Gasteiger partial charge in [0.1, 0.15) is 5.78 Å². The Kier molecular flexibility index (Phi) is 16.0. The lowest BCUT2D eigenvalue weighted by Crippen LogP contribution is -2.02. The quantitative estimate of drug-likeness (QED) is 0.599. The van der Waals surface area contributed by atoms with Crippen LogP contribution in [-0.4, -0.2) is 5.78 Å². The number of ketones is 1. The second-order valence-electron chi connectivity index (χ2n) is 3.75. The normalized spacial score (nSPS) is 15.5. The van der Waals surface area contributed by atoms with E-state index in [2.05, 4.69) is 6.58 Å². The number of Topliss-reactive ketones (excluding diaryl/α,β-unsaturated/α-hetero) is 1. The lowest BCUT2D eigenvalue weighted by molar-refractivity contribution is -0.120.